The van der Waals surface area contributed by atoms with E-state index in [9.17, 15) is 39.1 Å². The second-order valence-electron chi connectivity index (χ2n) is 6.41. The summed E-state index contributed by atoms with van der Waals surface area (Å²) in [5, 5.41) is 76.9. The Kier molecular flexibility index (Phi) is 8.76. The van der Waals surface area contributed by atoms with Crippen molar-refractivity contribution in [2.24, 2.45) is 11.8 Å². The molecule has 1 rings (SSSR count). The zero-order chi connectivity index (χ0) is 20.2. The van der Waals surface area contributed by atoms with E-state index in [0.29, 0.717) is 0 Å². The van der Waals surface area contributed by atoms with Gasteiger partial charge >= 0.3 is 10.4 Å². The van der Waals surface area contributed by atoms with Gasteiger partial charge in [-0.25, -0.2) is 4.18 Å². The van der Waals surface area contributed by atoms with Crippen LogP contribution >= 0.6 is 0 Å². The van der Waals surface area contributed by atoms with Gasteiger partial charge in [0.2, 0.25) is 0 Å². The Balaban J connectivity index is 2.98. The summed E-state index contributed by atoms with van der Waals surface area (Å²) < 4.78 is 34.9. The molecule has 12 nitrogen and oxygen atoms in total. The van der Waals surface area contributed by atoms with Gasteiger partial charge in [-0.15, -0.1) is 0 Å². The van der Waals surface area contributed by atoms with E-state index in [4.69, 9.17) is 14.8 Å². The van der Waals surface area contributed by atoms with Crippen molar-refractivity contribution in [1.82, 2.24) is 0 Å². The lowest BCUT2D eigenvalue weighted by Gasteiger charge is -2.32. The zero-order valence-corrected chi connectivity index (χ0v) is 14.5. The van der Waals surface area contributed by atoms with E-state index in [2.05, 4.69) is 4.18 Å². The molecule has 9 atom stereocenters. The fourth-order valence-electron chi connectivity index (χ4n) is 3.32. The number of hydrogen-bond donors (Lipinski definition) is 9. The number of rotatable bonds is 10. The molecule has 0 radical (unpaired) electrons. The molecule has 1 fully saturated rings. The van der Waals surface area contributed by atoms with Gasteiger partial charge in [0.15, 0.2) is 0 Å². The van der Waals surface area contributed by atoms with Crippen LogP contribution in [0, 0.1) is 11.8 Å². The molecule has 13 heteroatoms. The van der Waals surface area contributed by atoms with E-state index in [-0.39, 0.29) is 6.42 Å². The minimum Gasteiger partial charge on any atom is -0.394 e. The lowest BCUT2D eigenvalue weighted by Crippen LogP contribution is -2.49. The lowest BCUT2D eigenvalue weighted by atomic mass is 9.84. The first-order valence-corrected chi connectivity index (χ1v) is 9.25. The maximum absolute atomic E-state index is 10.9. The number of aliphatic hydroxyl groups excluding tert-OH is 8. The SMILES string of the molecule is O=S(=O)(O)O[C@@H]([C@H](O)[C@H](O)CO)[C@@H](O)C[C@@H]1C[C@@H](O)[C@@H](O)[C@@H]1[C@H](O)CO. The van der Waals surface area contributed by atoms with Crippen molar-refractivity contribution in [3.05, 3.63) is 0 Å². The van der Waals surface area contributed by atoms with Crippen LogP contribution in [-0.4, -0.2) is 110 Å². The molecule has 0 heterocycles. The molecule has 0 unspecified atom stereocenters. The van der Waals surface area contributed by atoms with Crippen LogP contribution < -0.4 is 0 Å². The zero-order valence-electron chi connectivity index (χ0n) is 13.7. The molecular formula is C13H26O12S. The van der Waals surface area contributed by atoms with E-state index in [1.165, 1.54) is 0 Å². The van der Waals surface area contributed by atoms with Crippen LogP contribution in [0.2, 0.25) is 0 Å². The van der Waals surface area contributed by atoms with Crippen molar-refractivity contribution in [1.29, 1.82) is 0 Å². The largest absolute Gasteiger partial charge is 0.397 e. The molecular weight excluding hydrogens is 380 g/mol. The molecule has 26 heavy (non-hydrogen) atoms. The lowest BCUT2D eigenvalue weighted by molar-refractivity contribution is -0.112. The van der Waals surface area contributed by atoms with Crippen LogP contribution in [0.4, 0.5) is 0 Å². The first kappa shape index (κ1) is 23.6. The molecule has 0 aliphatic heterocycles. The summed E-state index contributed by atoms with van der Waals surface area (Å²) in [6.07, 6.45) is -12.6. The summed E-state index contributed by atoms with van der Waals surface area (Å²) >= 11 is 0. The van der Waals surface area contributed by atoms with Gasteiger partial charge < -0.3 is 40.9 Å². The summed E-state index contributed by atoms with van der Waals surface area (Å²) in [5.74, 6) is -1.88. The average Bonchev–Trinajstić information content (AvgIpc) is 2.83. The first-order valence-electron chi connectivity index (χ1n) is 7.88. The highest BCUT2D eigenvalue weighted by molar-refractivity contribution is 7.80. The van der Waals surface area contributed by atoms with Crippen LogP contribution in [0.3, 0.4) is 0 Å². The third-order valence-electron chi connectivity index (χ3n) is 4.58. The minimum absolute atomic E-state index is 0.114. The van der Waals surface area contributed by atoms with Crippen molar-refractivity contribution < 1.29 is 58.0 Å². The van der Waals surface area contributed by atoms with E-state index in [0.717, 1.165) is 0 Å². The quantitative estimate of drug-likeness (QED) is 0.156. The second-order valence-corrected chi connectivity index (χ2v) is 7.46. The topological polar surface area (TPSA) is 225 Å². The standard InChI is InChI=1S/C13H26O12S/c14-3-8(18)10-5(1-6(16)11(10)20)2-7(17)13(25-26(22,23)24)12(21)9(19)4-15/h5-21H,1-4H2,(H,22,23,24)/t5-,6+,7-,8+,9+,10-,11+,12+,13+/m0/s1. The number of hydrogen-bond acceptors (Lipinski definition) is 11. The van der Waals surface area contributed by atoms with Crippen molar-refractivity contribution in [3.63, 3.8) is 0 Å². The van der Waals surface area contributed by atoms with Gasteiger partial charge in [-0.2, -0.15) is 8.42 Å². The van der Waals surface area contributed by atoms with Gasteiger partial charge in [0, 0.05) is 5.92 Å². The molecule has 0 saturated heterocycles. The average molecular weight is 406 g/mol. The highest BCUT2D eigenvalue weighted by Crippen LogP contribution is 2.38. The van der Waals surface area contributed by atoms with E-state index >= 15 is 0 Å². The third kappa shape index (κ3) is 6.03. The summed E-state index contributed by atoms with van der Waals surface area (Å²) in [4.78, 5) is 0. The van der Waals surface area contributed by atoms with Gasteiger partial charge in [-0.05, 0) is 18.8 Å². The molecule has 0 aromatic carbocycles. The predicted octanol–water partition coefficient (Wildman–Crippen LogP) is -4.65. The van der Waals surface area contributed by atoms with Gasteiger partial charge in [0.25, 0.3) is 0 Å². The monoisotopic (exact) mass is 406 g/mol. The smallest absolute Gasteiger partial charge is 0.394 e. The highest BCUT2D eigenvalue weighted by atomic mass is 32.3. The Bertz CT molecular complexity index is 527. The van der Waals surface area contributed by atoms with Crippen LogP contribution in [-0.2, 0) is 14.6 Å². The van der Waals surface area contributed by atoms with Crippen molar-refractivity contribution in [3.8, 4) is 0 Å². The summed E-state index contributed by atoms with van der Waals surface area (Å²) in [7, 11) is -5.15. The fourth-order valence-corrected chi connectivity index (χ4v) is 3.84. The van der Waals surface area contributed by atoms with Gasteiger partial charge in [0.05, 0.1) is 37.6 Å². The summed E-state index contributed by atoms with van der Waals surface area (Å²) in [6.45, 7) is -1.73. The van der Waals surface area contributed by atoms with Crippen LogP contribution in [0.5, 0.6) is 0 Å². The maximum Gasteiger partial charge on any atom is 0.397 e. The second kappa shape index (κ2) is 9.66. The van der Waals surface area contributed by atoms with Gasteiger partial charge in [-0.3, -0.25) is 4.55 Å². The van der Waals surface area contributed by atoms with Crippen molar-refractivity contribution >= 4 is 10.4 Å². The third-order valence-corrected chi connectivity index (χ3v) is 5.05. The van der Waals surface area contributed by atoms with Gasteiger partial charge in [0.1, 0.15) is 18.3 Å². The Morgan fingerprint density at radius 2 is 1.58 bits per heavy atom. The Morgan fingerprint density at radius 3 is 2.04 bits per heavy atom. The number of aliphatic hydroxyl groups is 8. The van der Waals surface area contributed by atoms with Crippen LogP contribution in [0.25, 0.3) is 0 Å². The minimum atomic E-state index is -5.15. The normalized spacial score (nSPS) is 32.8. The van der Waals surface area contributed by atoms with E-state index < -0.39 is 84.6 Å². The molecule has 156 valence electrons. The fraction of sp³-hybridized carbons (Fsp3) is 1.00. The molecule has 1 aliphatic carbocycles. The van der Waals surface area contributed by atoms with Crippen molar-refractivity contribution in [2.45, 2.75) is 55.6 Å². The Hall–Kier alpha value is -0.450. The van der Waals surface area contributed by atoms with E-state index in [1.54, 1.807) is 0 Å². The molecule has 0 aromatic rings. The molecule has 0 bridgehead atoms. The summed E-state index contributed by atoms with van der Waals surface area (Å²) in [5.41, 5.74) is 0. The first-order chi connectivity index (χ1) is 11.9. The molecule has 0 aromatic heterocycles. The Morgan fingerprint density at radius 1 is 1.00 bits per heavy atom. The van der Waals surface area contributed by atoms with Crippen LogP contribution in [0.1, 0.15) is 12.8 Å². The van der Waals surface area contributed by atoms with Crippen molar-refractivity contribution in [2.75, 3.05) is 13.2 Å². The highest BCUT2D eigenvalue weighted by Gasteiger charge is 2.47. The molecule has 1 aliphatic rings. The summed E-state index contributed by atoms with van der Waals surface area (Å²) in [6, 6.07) is 0. The van der Waals surface area contributed by atoms with Crippen LogP contribution in [0.15, 0.2) is 0 Å². The molecule has 0 spiro atoms. The molecule has 9 N–H and O–H groups in total. The maximum atomic E-state index is 10.9. The van der Waals surface area contributed by atoms with E-state index in [1.807, 2.05) is 0 Å². The van der Waals surface area contributed by atoms with Gasteiger partial charge in [-0.1, -0.05) is 0 Å². The molecule has 0 amide bonds. The predicted molar refractivity (Wildman–Crippen MR) is 82.8 cm³/mol. The molecule has 1 saturated carbocycles. The Labute approximate surface area is 149 Å².